The molecule has 0 aliphatic rings. The highest BCUT2D eigenvalue weighted by molar-refractivity contribution is 9.10. The molecule has 9 heteroatoms. The number of hydrogen-bond donors (Lipinski definition) is 3. The predicted octanol–water partition coefficient (Wildman–Crippen LogP) is 5.00. The second kappa shape index (κ2) is 9.60. The summed E-state index contributed by atoms with van der Waals surface area (Å²) in [4.78, 5) is 12.1. The molecule has 0 spiro atoms. The van der Waals surface area contributed by atoms with Gasteiger partial charge in [-0.1, -0.05) is 33.6 Å². The van der Waals surface area contributed by atoms with E-state index in [-0.39, 0.29) is 34.3 Å². The number of phenolic OH excluding ortho intramolecular Hbond substituents is 2. The zero-order valence-corrected chi connectivity index (χ0v) is 17.6. The van der Waals surface area contributed by atoms with Gasteiger partial charge < -0.3 is 14.9 Å². The third kappa shape index (κ3) is 5.49. The molecule has 0 unspecified atom stereocenters. The summed E-state index contributed by atoms with van der Waals surface area (Å²) in [7, 11) is 0. The standard InChI is InChI=1S/C21H15BrClFN2O4/c22-14-4-5-20(30-11-17-18(23)2-1-3-19(17)24)13(6-14)10-25-26-21(29)12-7-15(27)9-16(28)8-12/h1-10,27-28H,11H2,(H,26,29)/b25-10+. The lowest BCUT2D eigenvalue weighted by atomic mass is 10.2. The van der Waals surface area contributed by atoms with Gasteiger partial charge in [-0.3, -0.25) is 4.79 Å². The Labute approximate surface area is 184 Å². The number of halogens is 3. The molecule has 30 heavy (non-hydrogen) atoms. The summed E-state index contributed by atoms with van der Waals surface area (Å²) in [6.07, 6.45) is 1.35. The van der Waals surface area contributed by atoms with Crippen LogP contribution in [0.3, 0.4) is 0 Å². The van der Waals surface area contributed by atoms with Crippen molar-refractivity contribution in [2.24, 2.45) is 5.10 Å². The molecule has 0 aliphatic carbocycles. The monoisotopic (exact) mass is 492 g/mol. The van der Waals surface area contributed by atoms with Gasteiger partial charge in [0.25, 0.3) is 5.91 Å². The number of hydrazone groups is 1. The normalized spacial score (nSPS) is 10.9. The van der Waals surface area contributed by atoms with E-state index in [0.717, 1.165) is 10.5 Å². The minimum absolute atomic E-state index is 0.0320. The lowest BCUT2D eigenvalue weighted by molar-refractivity contribution is 0.0954. The van der Waals surface area contributed by atoms with Crippen LogP contribution in [0.4, 0.5) is 4.39 Å². The van der Waals surface area contributed by atoms with Crippen LogP contribution in [0, 0.1) is 5.82 Å². The van der Waals surface area contributed by atoms with Gasteiger partial charge in [-0.05, 0) is 42.5 Å². The van der Waals surface area contributed by atoms with Gasteiger partial charge in [-0.15, -0.1) is 0 Å². The number of phenols is 2. The molecule has 3 aromatic rings. The van der Waals surface area contributed by atoms with Crippen LogP contribution >= 0.6 is 27.5 Å². The average molecular weight is 494 g/mol. The Hall–Kier alpha value is -3.10. The Morgan fingerprint density at radius 3 is 2.60 bits per heavy atom. The number of ether oxygens (including phenoxy) is 1. The number of amides is 1. The van der Waals surface area contributed by atoms with Crippen molar-refractivity contribution < 1.29 is 24.1 Å². The van der Waals surface area contributed by atoms with E-state index in [0.29, 0.717) is 11.3 Å². The van der Waals surface area contributed by atoms with Crippen molar-refractivity contribution in [3.05, 3.63) is 86.6 Å². The highest BCUT2D eigenvalue weighted by atomic mass is 79.9. The molecule has 154 valence electrons. The van der Waals surface area contributed by atoms with E-state index in [2.05, 4.69) is 26.5 Å². The molecule has 0 aromatic heterocycles. The molecule has 3 aromatic carbocycles. The molecular formula is C21H15BrClFN2O4. The van der Waals surface area contributed by atoms with Gasteiger partial charge in [-0.25, -0.2) is 9.82 Å². The van der Waals surface area contributed by atoms with Crippen LogP contribution in [-0.4, -0.2) is 22.3 Å². The van der Waals surface area contributed by atoms with Crippen molar-refractivity contribution in [1.82, 2.24) is 5.43 Å². The van der Waals surface area contributed by atoms with Crippen molar-refractivity contribution in [3.63, 3.8) is 0 Å². The van der Waals surface area contributed by atoms with Gasteiger partial charge in [0.05, 0.1) is 11.2 Å². The molecule has 1 amide bonds. The Morgan fingerprint density at radius 2 is 1.90 bits per heavy atom. The van der Waals surface area contributed by atoms with Gasteiger partial charge in [-0.2, -0.15) is 5.10 Å². The smallest absolute Gasteiger partial charge is 0.271 e. The summed E-state index contributed by atoms with van der Waals surface area (Å²) in [5, 5.41) is 23.1. The fourth-order valence-corrected chi connectivity index (χ4v) is 3.12. The lowest BCUT2D eigenvalue weighted by Crippen LogP contribution is -2.17. The molecule has 0 radical (unpaired) electrons. The molecule has 0 fully saturated rings. The number of benzene rings is 3. The topological polar surface area (TPSA) is 91.2 Å². The van der Waals surface area contributed by atoms with Crippen LogP contribution in [0.5, 0.6) is 17.2 Å². The lowest BCUT2D eigenvalue weighted by Gasteiger charge is -2.11. The van der Waals surface area contributed by atoms with Crippen LogP contribution in [0.25, 0.3) is 0 Å². The van der Waals surface area contributed by atoms with Crippen molar-refractivity contribution in [2.45, 2.75) is 6.61 Å². The number of nitrogens with zero attached hydrogens (tertiary/aromatic N) is 1. The largest absolute Gasteiger partial charge is 0.508 e. The Balaban J connectivity index is 1.74. The summed E-state index contributed by atoms with van der Waals surface area (Å²) in [5.41, 5.74) is 3.06. The minimum atomic E-state index is -0.631. The first kappa shape index (κ1) is 21.6. The average Bonchev–Trinajstić information content (AvgIpc) is 2.68. The molecule has 0 saturated carbocycles. The van der Waals surface area contributed by atoms with Crippen LogP contribution < -0.4 is 10.2 Å². The highest BCUT2D eigenvalue weighted by Gasteiger charge is 2.11. The third-order valence-electron chi connectivity index (χ3n) is 3.94. The van der Waals surface area contributed by atoms with Crippen molar-refractivity contribution in [3.8, 4) is 17.2 Å². The molecular weight excluding hydrogens is 479 g/mol. The van der Waals surface area contributed by atoms with Gasteiger partial charge >= 0.3 is 0 Å². The fourth-order valence-electron chi connectivity index (χ4n) is 2.52. The van der Waals surface area contributed by atoms with Gasteiger partial charge in [0.2, 0.25) is 0 Å². The number of carbonyl (C=O) groups is 1. The first-order valence-electron chi connectivity index (χ1n) is 8.55. The van der Waals surface area contributed by atoms with Crippen molar-refractivity contribution >= 4 is 39.7 Å². The molecule has 0 aliphatic heterocycles. The number of rotatable bonds is 6. The highest BCUT2D eigenvalue weighted by Crippen LogP contribution is 2.25. The fraction of sp³-hybridized carbons (Fsp3) is 0.0476. The van der Waals surface area contributed by atoms with E-state index in [9.17, 15) is 19.4 Å². The molecule has 3 rings (SSSR count). The maximum absolute atomic E-state index is 13.9. The maximum atomic E-state index is 13.9. The molecule has 6 nitrogen and oxygen atoms in total. The van der Waals surface area contributed by atoms with E-state index < -0.39 is 11.7 Å². The van der Waals surface area contributed by atoms with Crippen molar-refractivity contribution in [1.29, 1.82) is 0 Å². The molecule has 3 N–H and O–H groups in total. The summed E-state index contributed by atoms with van der Waals surface area (Å²) in [6, 6.07) is 13.0. The van der Waals surface area contributed by atoms with Gasteiger partial charge in [0.15, 0.2) is 0 Å². The number of hydrogen-bond acceptors (Lipinski definition) is 5. The number of carbonyl (C=O) groups excluding carboxylic acids is 1. The molecule has 0 heterocycles. The molecule has 0 saturated heterocycles. The van der Waals surface area contributed by atoms with Crippen LogP contribution in [0.2, 0.25) is 5.02 Å². The SMILES string of the molecule is O=C(N/N=C/c1cc(Br)ccc1OCc1c(F)cccc1Cl)c1cc(O)cc(O)c1. The van der Waals surface area contributed by atoms with E-state index in [4.69, 9.17) is 16.3 Å². The van der Waals surface area contributed by atoms with Crippen LogP contribution in [0.1, 0.15) is 21.5 Å². The van der Waals surface area contributed by atoms with E-state index in [1.807, 2.05) is 0 Å². The zero-order chi connectivity index (χ0) is 21.7. The third-order valence-corrected chi connectivity index (χ3v) is 4.79. The van der Waals surface area contributed by atoms with Gasteiger partial charge in [0, 0.05) is 27.2 Å². The quantitative estimate of drug-likeness (QED) is 0.333. The second-order valence-electron chi connectivity index (χ2n) is 6.11. The summed E-state index contributed by atoms with van der Waals surface area (Å²) in [5.74, 6) is -1.22. The van der Waals surface area contributed by atoms with E-state index in [1.165, 1.54) is 30.5 Å². The van der Waals surface area contributed by atoms with Crippen LogP contribution in [0.15, 0.2) is 64.2 Å². The Morgan fingerprint density at radius 1 is 1.17 bits per heavy atom. The summed E-state index contributed by atoms with van der Waals surface area (Å²) >= 11 is 9.37. The Bertz CT molecular complexity index is 1080. The first-order valence-corrected chi connectivity index (χ1v) is 9.72. The maximum Gasteiger partial charge on any atom is 0.271 e. The number of aromatic hydroxyl groups is 2. The number of nitrogens with one attached hydrogen (secondary N) is 1. The zero-order valence-electron chi connectivity index (χ0n) is 15.3. The second-order valence-corrected chi connectivity index (χ2v) is 7.43. The summed E-state index contributed by atoms with van der Waals surface area (Å²) < 4.78 is 20.4. The van der Waals surface area contributed by atoms with E-state index >= 15 is 0 Å². The Kier molecular flexibility index (Phi) is 6.91. The van der Waals surface area contributed by atoms with E-state index in [1.54, 1.807) is 24.3 Å². The molecule has 0 atom stereocenters. The first-order chi connectivity index (χ1) is 14.3. The summed E-state index contributed by atoms with van der Waals surface area (Å²) in [6.45, 7) is -0.0943. The van der Waals surface area contributed by atoms with Gasteiger partial charge in [0.1, 0.15) is 29.7 Å². The van der Waals surface area contributed by atoms with Crippen LogP contribution in [-0.2, 0) is 6.61 Å². The molecule has 0 bridgehead atoms. The van der Waals surface area contributed by atoms with Crippen molar-refractivity contribution in [2.75, 3.05) is 0 Å². The predicted molar refractivity (Wildman–Crippen MR) is 115 cm³/mol. The minimum Gasteiger partial charge on any atom is -0.508 e.